The van der Waals surface area contributed by atoms with Crippen molar-refractivity contribution in [2.45, 2.75) is 39.0 Å². The Balaban J connectivity index is 1.75. The van der Waals surface area contributed by atoms with Gasteiger partial charge in [0, 0.05) is 16.9 Å². The van der Waals surface area contributed by atoms with E-state index in [1.54, 1.807) is 11.3 Å². The van der Waals surface area contributed by atoms with Crippen LogP contribution in [0.1, 0.15) is 39.0 Å². The number of rotatable bonds is 7. The maximum absolute atomic E-state index is 3.51. The number of anilines is 1. The van der Waals surface area contributed by atoms with Gasteiger partial charge >= 0.3 is 0 Å². The normalized spacial score (nSPS) is 10.9. The van der Waals surface area contributed by atoms with Crippen molar-refractivity contribution in [2.75, 3.05) is 11.9 Å². The Kier molecular flexibility index (Phi) is 4.87. The number of nitrogens with one attached hydrogen (secondary N) is 1. The third-order valence-corrected chi connectivity index (χ3v) is 3.96. The van der Waals surface area contributed by atoms with Crippen molar-refractivity contribution in [2.24, 2.45) is 0 Å². The van der Waals surface area contributed by atoms with Crippen LogP contribution in [0.2, 0.25) is 0 Å². The summed E-state index contributed by atoms with van der Waals surface area (Å²) in [5.41, 5.74) is 1.26. The fraction of sp³-hybridized carbons (Fsp3) is 0.467. The maximum Gasteiger partial charge on any atom is 0.0347 e. The molecule has 2 aromatic rings. The molecule has 0 aliphatic carbocycles. The molecule has 1 nitrogen and oxygen atoms in total. The molecule has 1 N–H and O–H groups in total. The van der Waals surface area contributed by atoms with Crippen LogP contribution in [0.3, 0.4) is 0 Å². The zero-order chi connectivity index (χ0) is 11.9. The summed E-state index contributed by atoms with van der Waals surface area (Å²) >= 11 is 1.81. The van der Waals surface area contributed by atoms with Gasteiger partial charge in [0.15, 0.2) is 0 Å². The van der Waals surface area contributed by atoms with Crippen molar-refractivity contribution in [1.82, 2.24) is 0 Å². The Morgan fingerprint density at radius 1 is 1.06 bits per heavy atom. The van der Waals surface area contributed by atoms with Gasteiger partial charge in [-0.2, -0.15) is 0 Å². The number of fused-ring (bicyclic) bond motifs is 1. The van der Waals surface area contributed by atoms with Crippen LogP contribution in [0.15, 0.2) is 29.6 Å². The number of hydrogen-bond donors (Lipinski definition) is 1. The first-order chi connectivity index (χ1) is 8.40. The van der Waals surface area contributed by atoms with Crippen LogP contribution in [0.5, 0.6) is 0 Å². The SMILES string of the molecule is CCCCCCCNc1ccc2sccc2c1. The molecule has 0 spiro atoms. The Labute approximate surface area is 108 Å². The number of hydrogen-bond acceptors (Lipinski definition) is 2. The fourth-order valence-electron chi connectivity index (χ4n) is 2.04. The summed E-state index contributed by atoms with van der Waals surface area (Å²) in [5, 5.41) is 7.01. The molecular formula is C15H21NS. The Morgan fingerprint density at radius 3 is 2.82 bits per heavy atom. The zero-order valence-electron chi connectivity index (χ0n) is 10.5. The van der Waals surface area contributed by atoms with E-state index >= 15 is 0 Å². The average molecular weight is 247 g/mol. The van der Waals surface area contributed by atoms with Gasteiger partial charge in [0.25, 0.3) is 0 Å². The largest absolute Gasteiger partial charge is 0.385 e. The van der Waals surface area contributed by atoms with Crippen molar-refractivity contribution in [3.8, 4) is 0 Å². The molecule has 0 radical (unpaired) electrons. The van der Waals surface area contributed by atoms with Crippen LogP contribution in [-0.2, 0) is 0 Å². The highest BCUT2D eigenvalue weighted by Gasteiger charge is 1.96. The molecule has 0 unspecified atom stereocenters. The molecule has 0 atom stereocenters. The van der Waals surface area contributed by atoms with E-state index in [2.05, 4.69) is 41.9 Å². The lowest BCUT2D eigenvalue weighted by Crippen LogP contribution is -2.00. The summed E-state index contributed by atoms with van der Waals surface area (Å²) in [6, 6.07) is 8.83. The molecule has 1 aromatic carbocycles. The molecule has 0 aliphatic rings. The Morgan fingerprint density at radius 2 is 1.94 bits per heavy atom. The van der Waals surface area contributed by atoms with Crippen molar-refractivity contribution in [1.29, 1.82) is 0 Å². The van der Waals surface area contributed by atoms with Crippen LogP contribution in [-0.4, -0.2) is 6.54 Å². The van der Waals surface area contributed by atoms with Crippen LogP contribution in [0.25, 0.3) is 10.1 Å². The smallest absolute Gasteiger partial charge is 0.0347 e. The van der Waals surface area contributed by atoms with Crippen LogP contribution >= 0.6 is 11.3 Å². The summed E-state index contributed by atoms with van der Waals surface area (Å²) in [6.07, 6.45) is 6.70. The minimum absolute atomic E-state index is 1.10. The average Bonchev–Trinajstić information content (AvgIpc) is 2.81. The molecule has 0 saturated heterocycles. The second-order valence-electron chi connectivity index (χ2n) is 4.51. The van der Waals surface area contributed by atoms with E-state index in [4.69, 9.17) is 0 Å². The molecule has 0 bridgehead atoms. The van der Waals surface area contributed by atoms with E-state index in [1.807, 2.05) is 0 Å². The van der Waals surface area contributed by atoms with Gasteiger partial charge in [-0.15, -0.1) is 11.3 Å². The third-order valence-electron chi connectivity index (χ3n) is 3.06. The van der Waals surface area contributed by atoms with E-state index in [9.17, 15) is 0 Å². The molecule has 0 amide bonds. The minimum Gasteiger partial charge on any atom is -0.385 e. The lowest BCUT2D eigenvalue weighted by Gasteiger charge is -2.06. The van der Waals surface area contributed by atoms with Gasteiger partial charge < -0.3 is 5.32 Å². The summed E-state index contributed by atoms with van der Waals surface area (Å²) in [5.74, 6) is 0. The second-order valence-corrected chi connectivity index (χ2v) is 5.46. The molecule has 92 valence electrons. The van der Waals surface area contributed by atoms with Gasteiger partial charge in [0.05, 0.1) is 0 Å². The quantitative estimate of drug-likeness (QED) is 0.656. The topological polar surface area (TPSA) is 12.0 Å². The summed E-state index contributed by atoms with van der Waals surface area (Å²) in [4.78, 5) is 0. The standard InChI is InChI=1S/C15H21NS/c1-2-3-4-5-6-10-16-14-7-8-15-13(12-14)9-11-17-15/h7-9,11-12,16H,2-6,10H2,1H3. The fourth-order valence-corrected chi connectivity index (χ4v) is 2.81. The Bertz CT molecular complexity index is 447. The molecule has 17 heavy (non-hydrogen) atoms. The molecular weight excluding hydrogens is 226 g/mol. The molecule has 0 fully saturated rings. The molecule has 2 rings (SSSR count). The number of benzene rings is 1. The minimum atomic E-state index is 1.10. The number of thiophene rings is 1. The van der Waals surface area contributed by atoms with E-state index < -0.39 is 0 Å². The second kappa shape index (κ2) is 6.65. The highest BCUT2D eigenvalue weighted by Crippen LogP contribution is 2.23. The highest BCUT2D eigenvalue weighted by molar-refractivity contribution is 7.17. The molecule has 0 saturated carbocycles. The molecule has 1 aromatic heterocycles. The first kappa shape index (κ1) is 12.4. The first-order valence-corrected chi connectivity index (χ1v) is 7.49. The monoisotopic (exact) mass is 247 g/mol. The number of unbranched alkanes of at least 4 members (excludes halogenated alkanes) is 4. The van der Waals surface area contributed by atoms with E-state index in [0.717, 1.165) is 6.54 Å². The van der Waals surface area contributed by atoms with Gasteiger partial charge in [-0.1, -0.05) is 32.6 Å². The zero-order valence-corrected chi connectivity index (χ0v) is 11.4. The van der Waals surface area contributed by atoms with Crippen molar-refractivity contribution in [3.63, 3.8) is 0 Å². The van der Waals surface area contributed by atoms with Gasteiger partial charge in [-0.05, 0) is 41.5 Å². The summed E-state index contributed by atoms with van der Waals surface area (Å²) in [7, 11) is 0. The first-order valence-electron chi connectivity index (χ1n) is 6.61. The summed E-state index contributed by atoms with van der Waals surface area (Å²) < 4.78 is 1.37. The lowest BCUT2D eigenvalue weighted by atomic mass is 10.1. The van der Waals surface area contributed by atoms with Gasteiger partial charge in [0.1, 0.15) is 0 Å². The van der Waals surface area contributed by atoms with Gasteiger partial charge in [-0.25, -0.2) is 0 Å². The van der Waals surface area contributed by atoms with Gasteiger partial charge in [-0.3, -0.25) is 0 Å². The van der Waals surface area contributed by atoms with E-state index in [-0.39, 0.29) is 0 Å². The molecule has 2 heteroatoms. The molecule has 1 heterocycles. The maximum atomic E-state index is 3.51. The highest BCUT2D eigenvalue weighted by atomic mass is 32.1. The predicted molar refractivity (Wildman–Crippen MR) is 79.1 cm³/mol. The predicted octanol–water partition coefficient (Wildman–Crippen LogP) is 5.28. The van der Waals surface area contributed by atoms with Crippen molar-refractivity contribution >= 4 is 27.1 Å². The Hall–Kier alpha value is -1.02. The summed E-state index contributed by atoms with van der Waals surface area (Å²) in [6.45, 7) is 3.35. The van der Waals surface area contributed by atoms with E-state index in [0.29, 0.717) is 0 Å². The van der Waals surface area contributed by atoms with Crippen molar-refractivity contribution < 1.29 is 0 Å². The molecule has 0 aliphatic heterocycles. The van der Waals surface area contributed by atoms with Crippen molar-refractivity contribution in [3.05, 3.63) is 29.6 Å². The van der Waals surface area contributed by atoms with Crippen LogP contribution in [0, 0.1) is 0 Å². The van der Waals surface area contributed by atoms with Gasteiger partial charge in [0.2, 0.25) is 0 Å². The van der Waals surface area contributed by atoms with Crippen LogP contribution < -0.4 is 5.32 Å². The van der Waals surface area contributed by atoms with Crippen LogP contribution in [0.4, 0.5) is 5.69 Å². The lowest BCUT2D eigenvalue weighted by molar-refractivity contribution is 0.645. The van der Waals surface area contributed by atoms with E-state index in [1.165, 1.54) is 47.9 Å². The third kappa shape index (κ3) is 3.74.